The number of carboxylic acids is 1. The van der Waals surface area contributed by atoms with Gasteiger partial charge in [-0.15, -0.1) is 0 Å². The maximum absolute atomic E-state index is 14.2. The molecule has 1 aliphatic carbocycles. The topological polar surface area (TPSA) is 52.6 Å². The van der Waals surface area contributed by atoms with E-state index in [9.17, 15) is 13.6 Å². The Morgan fingerprint density at radius 3 is 2.19 bits per heavy atom. The van der Waals surface area contributed by atoms with Crippen LogP contribution in [0.1, 0.15) is 37.7 Å². The number of aliphatic carboxylic acids is 1. The highest BCUT2D eigenvalue weighted by Gasteiger charge is 2.37. The molecule has 2 N–H and O–H groups in total. The molecule has 4 rings (SSSR count). The van der Waals surface area contributed by atoms with Crippen molar-refractivity contribution >= 4 is 5.97 Å². The van der Waals surface area contributed by atoms with Crippen LogP contribution < -0.4 is 5.32 Å². The van der Waals surface area contributed by atoms with Gasteiger partial charge in [-0.05, 0) is 62.2 Å². The summed E-state index contributed by atoms with van der Waals surface area (Å²) in [5.41, 5.74) is 0.341. The second kappa shape index (κ2) is 11.3. The lowest BCUT2D eigenvalue weighted by atomic mass is 9.73. The zero-order valence-electron chi connectivity index (χ0n) is 17.9. The minimum Gasteiger partial charge on any atom is -0.481 e. The van der Waals surface area contributed by atoms with E-state index >= 15 is 0 Å². The molecule has 1 aliphatic heterocycles. The van der Waals surface area contributed by atoms with Crippen LogP contribution >= 0.6 is 0 Å². The van der Waals surface area contributed by atoms with Crippen LogP contribution in [0, 0.1) is 17.0 Å². The van der Waals surface area contributed by atoms with Crippen molar-refractivity contribution < 1.29 is 18.7 Å². The molecule has 1 saturated heterocycles. The van der Waals surface area contributed by atoms with Crippen LogP contribution in [0.5, 0.6) is 0 Å². The van der Waals surface area contributed by atoms with Crippen LogP contribution in [0.2, 0.25) is 0 Å². The Hall–Kier alpha value is -2.31. The zero-order valence-corrected chi connectivity index (χ0v) is 17.9. The fourth-order valence-corrected chi connectivity index (χ4v) is 4.04. The number of rotatable bonds is 8. The Morgan fingerprint density at radius 2 is 1.65 bits per heavy atom. The third-order valence-electron chi connectivity index (χ3n) is 6.17. The van der Waals surface area contributed by atoms with Gasteiger partial charge in [0.05, 0.1) is 6.42 Å². The lowest BCUT2D eigenvalue weighted by Crippen LogP contribution is -2.47. The first kappa shape index (κ1) is 23.4. The lowest BCUT2D eigenvalue weighted by Gasteiger charge is -2.42. The van der Waals surface area contributed by atoms with E-state index in [2.05, 4.69) is 10.2 Å². The summed E-state index contributed by atoms with van der Waals surface area (Å²) in [4.78, 5) is 12.9. The number of halogens is 2. The van der Waals surface area contributed by atoms with Gasteiger partial charge in [0.15, 0.2) is 11.6 Å². The van der Waals surface area contributed by atoms with Gasteiger partial charge in [0, 0.05) is 19.1 Å². The van der Waals surface area contributed by atoms with Gasteiger partial charge < -0.3 is 15.3 Å². The Labute approximate surface area is 183 Å². The SMILES string of the molecule is O=C(O)CCN1CCC(CNC2CC2)(Cc2cccc(F)c2F)CC1.c1ccccc1. The molecule has 0 unspecified atom stereocenters. The minimum absolute atomic E-state index is 0.100. The predicted octanol–water partition coefficient (Wildman–Crippen LogP) is 4.50. The number of likely N-dealkylation sites (tertiary alicyclic amines) is 1. The van der Waals surface area contributed by atoms with Crippen molar-refractivity contribution in [2.45, 2.75) is 44.6 Å². The maximum atomic E-state index is 14.2. The van der Waals surface area contributed by atoms with Crippen molar-refractivity contribution in [3.05, 3.63) is 71.8 Å². The third-order valence-corrected chi connectivity index (χ3v) is 6.17. The van der Waals surface area contributed by atoms with E-state index in [0.29, 0.717) is 24.6 Å². The molecule has 0 atom stereocenters. The predicted molar refractivity (Wildman–Crippen MR) is 118 cm³/mol. The van der Waals surface area contributed by atoms with E-state index in [-0.39, 0.29) is 11.8 Å². The molecule has 0 bridgehead atoms. The summed E-state index contributed by atoms with van der Waals surface area (Å²) in [6.07, 6.45) is 4.77. The molecule has 1 saturated carbocycles. The molecular weight excluding hydrogens is 398 g/mol. The smallest absolute Gasteiger partial charge is 0.304 e. The number of nitrogens with zero attached hydrogens (tertiary/aromatic N) is 1. The van der Waals surface area contributed by atoms with E-state index in [4.69, 9.17) is 5.11 Å². The molecule has 2 aromatic carbocycles. The van der Waals surface area contributed by atoms with Crippen LogP contribution in [-0.4, -0.2) is 48.2 Å². The second-order valence-corrected chi connectivity index (χ2v) is 8.68. The first-order valence-electron chi connectivity index (χ1n) is 11.1. The first-order valence-corrected chi connectivity index (χ1v) is 11.1. The van der Waals surface area contributed by atoms with Crippen LogP contribution in [0.25, 0.3) is 0 Å². The first-order chi connectivity index (χ1) is 15.0. The number of carbonyl (C=O) groups is 1. The molecular formula is C25H32F2N2O2. The lowest BCUT2D eigenvalue weighted by molar-refractivity contribution is -0.137. The fraction of sp³-hybridized carbons (Fsp3) is 0.480. The average molecular weight is 431 g/mol. The van der Waals surface area contributed by atoms with Gasteiger partial charge >= 0.3 is 5.97 Å². The van der Waals surface area contributed by atoms with Crippen molar-refractivity contribution in [2.24, 2.45) is 5.41 Å². The molecule has 0 amide bonds. The average Bonchev–Trinajstić information content (AvgIpc) is 3.62. The summed E-state index contributed by atoms with van der Waals surface area (Å²) in [7, 11) is 0. The number of nitrogens with one attached hydrogen (secondary N) is 1. The van der Waals surface area contributed by atoms with E-state index in [0.717, 1.165) is 38.5 Å². The molecule has 2 aliphatic rings. The van der Waals surface area contributed by atoms with Crippen molar-refractivity contribution in [3.63, 3.8) is 0 Å². The summed E-state index contributed by atoms with van der Waals surface area (Å²) < 4.78 is 27.7. The molecule has 0 spiro atoms. The van der Waals surface area contributed by atoms with Gasteiger partial charge in [0.25, 0.3) is 0 Å². The number of piperidine rings is 1. The normalized spacial score (nSPS) is 18.1. The van der Waals surface area contributed by atoms with Crippen LogP contribution in [0.15, 0.2) is 54.6 Å². The van der Waals surface area contributed by atoms with Gasteiger partial charge in [-0.25, -0.2) is 8.78 Å². The molecule has 168 valence electrons. The Kier molecular flexibility index (Phi) is 8.55. The van der Waals surface area contributed by atoms with E-state index in [1.165, 1.54) is 12.8 Å². The van der Waals surface area contributed by atoms with Crippen molar-refractivity contribution in [2.75, 3.05) is 26.2 Å². The fourth-order valence-electron chi connectivity index (χ4n) is 4.04. The summed E-state index contributed by atoms with van der Waals surface area (Å²) in [5, 5.41) is 12.4. The zero-order chi connectivity index (χ0) is 22.1. The molecule has 2 fully saturated rings. The third kappa shape index (κ3) is 7.71. The number of hydrogen-bond donors (Lipinski definition) is 2. The molecule has 4 nitrogen and oxygen atoms in total. The number of hydrogen-bond acceptors (Lipinski definition) is 3. The van der Waals surface area contributed by atoms with E-state index in [1.807, 2.05) is 36.4 Å². The van der Waals surface area contributed by atoms with Gasteiger partial charge in [-0.1, -0.05) is 48.5 Å². The van der Waals surface area contributed by atoms with Gasteiger partial charge in [-0.3, -0.25) is 4.79 Å². The quantitative estimate of drug-likeness (QED) is 0.647. The molecule has 31 heavy (non-hydrogen) atoms. The van der Waals surface area contributed by atoms with Gasteiger partial charge in [-0.2, -0.15) is 0 Å². The van der Waals surface area contributed by atoms with E-state index < -0.39 is 17.6 Å². The van der Waals surface area contributed by atoms with Crippen molar-refractivity contribution in [1.82, 2.24) is 10.2 Å². The molecule has 1 heterocycles. The largest absolute Gasteiger partial charge is 0.481 e. The molecule has 0 aromatic heterocycles. The highest BCUT2D eigenvalue weighted by molar-refractivity contribution is 5.66. The highest BCUT2D eigenvalue weighted by atomic mass is 19.2. The number of carboxylic acid groups (broad SMARTS) is 1. The van der Waals surface area contributed by atoms with Crippen LogP contribution in [0.3, 0.4) is 0 Å². The summed E-state index contributed by atoms with van der Waals surface area (Å²) in [6, 6.07) is 17.0. The Balaban J connectivity index is 0.000000391. The van der Waals surface area contributed by atoms with Crippen LogP contribution in [-0.2, 0) is 11.2 Å². The van der Waals surface area contributed by atoms with Crippen molar-refractivity contribution in [3.8, 4) is 0 Å². The second-order valence-electron chi connectivity index (χ2n) is 8.68. The standard InChI is InChI=1S/C19H26F2N2O2.C6H6/c20-16-3-1-2-14(18(16)21)12-19(13-22-15-4-5-15)7-10-23(11-8-19)9-6-17(24)25;1-2-4-6-5-3-1/h1-3,15,22H,4-13H2,(H,24,25);1-6H. The van der Waals surface area contributed by atoms with Gasteiger partial charge in [0.2, 0.25) is 0 Å². The molecule has 0 radical (unpaired) electrons. The van der Waals surface area contributed by atoms with Crippen LogP contribution in [0.4, 0.5) is 8.78 Å². The maximum Gasteiger partial charge on any atom is 0.304 e. The van der Waals surface area contributed by atoms with Gasteiger partial charge in [0.1, 0.15) is 0 Å². The summed E-state index contributed by atoms with van der Waals surface area (Å²) in [5.74, 6) is -2.31. The minimum atomic E-state index is -0.790. The molecule has 2 aromatic rings. The molecule has 6 heteroatoms. The Morgan fingerprint density at radius 1 is 1.03 bits per heavy atom. The highest BCUT2D eigenvalue weighted by Crippen LogP contribution is 2.36. The van der Waals surface area contributed by atoms with Crippen molar-refractivity contribution in [1.29, 1.82) is 0 Å². The van der Waals surface area contributed by atoms with E-state index in [1.54, 1.807) is 12.1 Å². The summed E-state index contributed by atoms with van der Waals surface area (Å²) in [6.45, 7) is 2.96. The Bertz CT molecular complexity index is 793. The summed E-state index contributed by atoms with van der Waals surface area (Å²) >= 11 is 0. The number of benzene rings is 2. The monoisotopic (exact) mass is 430 g/mol.